The standard InChI is InChI=1S/C14H13ClN2OS/c1-9(10-5-2-3-7-12(10)15)17-13(18)11-6-4-8-16-14(11)19/h2-9H,1H3,(H,16,19)(H,17,18)/t9-/m0/s1. The smallest absolute Gasteiger partial charge is 0.254 e. The highest BCUT2D eigenvalue weighted by atomic mass is 35.5. The third kappa shape index (κ3) is 3.22. The van der Waals surface area contributed by atoms with Gasteiger partial charge in [0.25, 0.3) is 5.91 Å². The molecule has 1 heterocycles. The molecule has 3 nitrogen and oxygen atoms in total. The fourth-order valence-electron chi connectivity index (χ4n) is 1.78. The Hall–Kier alpha value is -1.65. The topological polar surface area (TPSA) is 44.9 Å². The number of pyridine rings is 1. The molecule has 0 aliphatic rings. The van der Waals surface area contributed by atoms with Crippen LogP contribution < -0.4 is 5.32 Å². The molecule has 0 bridgehead atoms. The summed E-state index contributed by atoms with van der Waals surface area (Å²) in [4.78, 5) is 15.0. The zero-order valence-corrected chi connectivity index (χ0v) is 11.9. The van der Waals surface area contributed by atoms with E-state index in [1.807, 2.05) is 25.1 Å². The summed E-state index contributed by atoms with van der Waals surface area (Å²) in [5.74, 6) is -0.214. The van der Waals surface area contributed by atoms with Gasteiger partial charge in [-0.15, -0.1) is 0 Å². The van der Waals surface area contributed by atoms with Crippen molar-refractivity contribution >= 4 is 29.7 Å². The summed E-state index contributed by atoms with van der Waals surface area (Å²) in [6.45, 7) is 1.88. The number of aromatic amines is 1. The monoisotopic (exact) mass is 292 g/mol. The summed E-state index contributed by atoms with van der Waals surface area (Å²) in [6, 6.07) is 10.7. The molecule has 2 rings (SSSR count). The summed E-state index contributed by atoms with van der Waals surface area (Å²) in [5, 5.41) is 3.52. The van der Waals surface area contributed by atoms with Gasteiger partial charge in [0.15, 0.2) is 0 Å². The Morgan fingerprint density at radius 2 is 2.05 bits per heavy atom. The summed E-state index contributed by atoms with van der Waals surface area (Å²) in [6.07, 6.45) is 1.69. The maximum absolute atomic E-state index is 12.1. The largest absolute Gasteiger partial charge is 0.352 e. The van der Waals surface area contributed by atoms with Crippen LogP contribution in [-0.2, 0) is 0 Å². The van der Waals surface area contributed by atoms with Crippen LogP contribution in [0.1, 0.15) is 28.9 Å². The predicted molar refractivity (Wildman–Crippen MR) is 79.0 cm³/mol. The number of hydrogen-bond acceptors (Lipinski definition) is 2. The van der Waals surface area contributed by atoms with Gasteiger partial charge in [0.1, 0.15) is 4.64 Å². The predicted octanol–water partition coefficient (Wildman–Crippen LogP) is 3.89. The molecule has 1 aromatic carbocycles. The van der Waals surface area contributed by atoms with Crippen LogP contribution in [0.2, 0.25) is 5.02 Å². The van der Waals surface area contributed by atoms with Crippen LogP contribution >= 0.6 is 23.8 Å². The van der Waals surface area contributed by atoms with Crippen LogP contribution in [0.5, 0.6) is 0 Å². The number of rotatable bonds is 3. The second-order valence-corrected chi connectivity index (χ2v) is 4.95. The minimum absolute atomic E-state index is 0.184. The van der Waals surface area contributed by atoms with Gasteiger partial charge < -0.3 is 10.3 Å². The molecule has 2 N–H and O–H groups in total. The van der Waals surface area contributed by atoms with Gasteiger partial charge in [0.05, 0.1) is 11.6 Å². The van der Waals surface area contributed by atoms with E-state index in [1.54, 1.807) is 24.4 Å². The average Bonchev–Trinajstić information content (AvgIpc) is 2.39. The van der Waals surface area contributed by atoms with E-state index < -0.39 is 0 Å². The Balaban J connectivity index is 2.18. The first-order chi connectivity index (χ1) is 9.09. The summed E-state index contributed by atoms with van der Waals surface area (Å²) >= 11 is 11.2. The molecule has 98 valence electrons. The second kappa shape index (κ2) is 5.99. The van der Waals surface area contributed by atoms with E-state index in [9.17, 15) is 4.79 Å². The molecule has 0 saturated heterocycles. The summed E-state index contributed by atoms with van der Waals surface area (Å²) < 4.78 is 0.423. The molecule has 1 amide bonds. The van der Waals surface area contributed by atoms with Crippen LogP contribution in [-0.4, -0.2) is 10.9 Å². The Morgan fingerprint density at radius 3 is 2.74 bits per heavy atom. The number of carbonyl (C=O) groups excluding carboxylic acids is 1. The molecular formula is C14H13ClN2OS. The van der Waals surface area contributed by atoms with E-state index in [0.29, 0.717) is 15.2 Å². The lowest BCUT2D eigenvalue weighted by Crippen LogP contribution is -2.27. The molecule has 1 aromatic heterocycles. The lowest BCUT2D eigenvalue weighted by Gasteiger charge is -2.15. The van der Waals surface area contributed by atoms with Crippen molar-refractivity contribution in [3.05, 3.63) is 63.4 Å². The Morgan fingerprint density at radius 1 is 1.32 bits per heavy atom. The lowest BCUT2D eigenvalue weighted by atomic mass is 10.1. The third-order valence-electron chi connectivity index (χ3n) is 2.78. The van der Waals surface area contributed by atoms with E-state index in [-0.39, 0.29) is 11.9 Å². The fourth-order valence-corrected chi connectivity index (χ4v) is 2.31. The van der Waals surface area contributed by atoms with E-state index in [0.717, 1.165) is 5.56 Å². The van der Waals surface area contributed by atoms with Crippen LogP contribution in [0.3, 0.4) is 0 Å². The second-order valence-electron chi connectivity index (χ2n) is 4.13. The van der Waals surface area contributed by atoms with Gasteiger partial charge >= 0.3 is 0 Å². The van der Waals surface area contributed by atoms with Gasteiger partial charge in [-0.05, 0) is 30.7 Å². The van der Waals surface area contributed by atoms with Crippen LogP contribution in [0.15, 0.2) is 42.6 Å². The fraction of sp³-hybridized carbons (Fsp3) is 0.143. The Bertz CT molecular complexity index is 654. The number of carbonyl (C=O) groups is 1. The van der Waals surface area contributed by atoms with E-state index in [1.165, 1.54) is 0 Å². The number of amides is 1. The van der Waals surface area contributed by atoms with Crippen LogP contribution in [0, 0.1) is 4.64 Å². The number of nitrogens with one attached hydrogen (secondary N) is 2. The Labute approximate surface area is 121 Å². The van der Waals surface area contributed by atoms with Crippen molar-refractivity contribution < 1.29 is 4.79 Å². The molecule has 0 spiro atoms. The van der Waals surface area contributed by atoms with Crippen molar-refractivity contribution in [3.63, 3.8) is 0 Å². The van der Waals surface area contributed by atoms with Crippen molar-refractivity contribution in [2.24, 2.45) is 0 Å². The van der Waals surface area contributed by atoms with Gasteiger partial charge in [0.2, 0.25) is 0 Å². The van der Waals surface area contributed by atoms with E-state index in [2.05, 4.69) is 10.3 Å². The lowest BCUT2D eigenvalue weighted by molar-refractivity contribution is 0.0939. The van der Waals surface area contributed by atoms with Gasteiger partial charge in [-0.3, -0.25) is 4.79 Å². The van der Waals surface area contributed by atoms with Gasteiger partial charge in [-0.2, -0.15) is 0 Å². The van der Waals surface area contributed by atoms with Crippen LogP contribution in [0.4, 0.5) is 0 Å². The zero-order valence-electron chi connectivity index (χ0n) is 10.3. The quantitative estimate of drug-likeness (QED) is 0.843. The first-order valence-electron chi connectivity index (χ1n) is 5.82. The van der Waals surface area contributed by atoms with Crippen LogP contribution in [0.25, 0.3) is 0 Å². The van der Waals surface area contributed by atoms with Gasteiger partial charge in [-0.1, -0.05) is 42.0 Å². The maximum Gasteiger partial charge on any atom is 0.254 e. The van der Waals surface area contributed by atoms with Crippen molar-refractivity contribution in [2.45, 2.75) is 13.0 Å². The molecule has 0 aliphatic carbocycles. The van der Waals surface area contributed by atoms with E-state index in [4.69, 9.17) is 23.8 Å². The minimum atomic E-state index is -0.214. The number of halogens is 1. The minimum Gasteiger partial charge on any atom is -0.352 e. The number of H-pyrrole nitrogens is 1. The molecule has 0 fully saturated rings. The highest BCUT2D eigenvalue weighted by molar-refractivity contribution is 7.71. The Kier molecular flexibility index (Phi) is 4.35. The molecule has 1 atom stereocenters. The van der Waals surface area contributed by atoms with Crippen molar-refractivity contribution in [2.75, 3.05) is 0 Å². The zero-order chi connectivity index (χ0) is 13.8. The molecule has 0 saturated carbocycles. The third-order valence-corrected chi connectivity index (χ3v) is 3.46. The maximum atomic E-state index is 12.1. The highest BCUT2D eigenvalue weighted by Gasteiger charge is 2.14. The number of aromatic nitrogens is 1. The van der Waals surface area contributed by atoms with Crippen molar-refractivity contribution in [3.8, 4) is 0 Å². The molecule has 0 aliphatic heterocycles. The average molecular weight is 293 g/mol. The van der Waals surface area contributed by atoms with Crippen molar-refractivity contribution in [1.29, 1.82) is 0 Å². The molecule has 0 radical (unpaired) electrons. The molecule has 2 aromatic rings. The van der Waals surface area contributed by atoms with Gasteiger partial charge in [0, 0.05) is 11.2 Å². The highest BCUT2D eigenvalue weighted by Crippen LogP contribution is 2.22. The number of benzene rings is 1. The molecule has 0 unspecified atom stereocenters. The first-order valence-corrected chi connectivity index (χ1v) is 6.61. The van der Waals surface area contributed by atoms with Crippen molar-refractivity contribution in [1.82, 2.24) is 10.3 Å². The first kappa shape index (κ1) is 13.8. The number of hydrogen-bond donors (Lipinski definition) is 2. The van der Waals surface area contributed by atoms with Gasteiger partial charge in [-0.25, -0.2) is 0 Å². The summed E-state index contributed by atoms with van der Waals surface area (Å²) in [5.41, 5.74) is 1.33. The molecular weight excluding hydrogens is 280 g/mol. The normalized spacial score (nSPS) is 11.9. The molecule has 19 heavy (non-hydrogen) atoms. The molecule has 5 heteroatoms. The van der Waals surface area contributed by atoms with E-state index >= 15 is 0 Å². The summed E-state index contributed by atoms with van der Waals surface area (Å²) in [7, 11) is 0. The SMILES string of the molecule is C[C@H](NC(=O)c1ccc[nH]c1=S)c1ccccc1Cl.